The Morgan fingerprint density at radius 3 is 2.64 bits per heavy atom. The molecule has 22 heavy (non-hydrogen) atoms. The first-order valence-corrected chi connectivity index (χ1v) is 8.01. The first-order valence-electron chi connectivity index (χ1n) is 7.63. The highest BCUT2D eigenvalue weighted by molar-refractivity contribution is 6.30. The van der Waals surface area contributed by atoms with Crippen molar-refractivity contribution in [2.75, 3.05) is 31.1 Å². The fraction of sp³-hybridized carbons (Fsp3) is 0.500. The van der Waals surface area contributed by atoms with E-state index in [1.807, 2.05) is 17.0 Å². The summed E-state index contributed by atoms with van der Waals surface area (Å²) in [6.07, 6.45) is 1.25. The third-order valence-corrected chi connectivity index (χ3v) is 4.80. The number of hydrogen-bond acceptors (Lipinski definition) is 3. The third-order valence-electron chi connectivity index (χ3n) is 4.54. The van der Waals surface area contributed by atoms with Gasteiger partial charge in [-0.2, -0.15) is 0 Å². The average molecular weight is 322 g/mol. The molecule has 2 heterocycles. The predicted molar refractivity (Wildman–Crippen MR) is 85.7 cm³/mol. The monoisotopic (exact) mass is 321 g/mol. The summed E-state index contributed by atoms with van der Waals surface area (Å²) in [5, 5.41) is 0.632. The van der Waals surface area contributed by atoms with Gasteiger partial charge in [-0.25, -0.2) is 0 Å². The van der Waals surface area contributed by atoms with Crippen molar-refractivity contribution in [3.8, 4) is 0 Å². The number of halogens is 1. The molecule has 2 unspecified atom stereocenters. The van der Waals surface area contributed by atoms with E-state index in [4.69, 9.17) is 17.3 Å². The van der Waals surface area contributed by atoms with Crippen molar-refractivity contribution in [1.29, 1.82) is 0 Å². The van der Waals surface area contributed by atoms with Crippen molar-refractivity contribution in [3.05, 3.63) is 29.3 Å². The zero-order valence-electron chi connectivity index (χ0n) is 12.4. The molecule has 0 aliphatic carbocycles. The second-order valence-corrected chi connectivity index (χ2v) is 6.49. The number of carbonyl (C=O) groups is 2. The van der Waals surface area contributed by atoms with E-state index in [0.29, 0.717) is 24.0 Å². The maximum absolute atomic E-state index is 12.6. The van der Waals surface area contributed by atoms with E-state index in [2.05, 4.69) is 0 Å². The van der Waals surface area contributed by atoms with Gasteiger partial charge in [-0.05, 0) is 43.1 Å². The summed E-state index contributed by atoms with van der Waals surface area (Å²) in [6.45, 7) is 2.54. The minimum absolute atomic E-state index is 0.00440. The van der Waals surface area contributed by atoms with Crippen molar-refractivity contribution in [1.82, 2.24) is 4.90 Å². The van der Waals surface area contributed by atoms with Gasteiger partial charge >= 0.3 is 0 Å². The Labute approximate surface area is 135 Å². The lowest BCUT2D eigenvalue weighted by Crippen LogP contribution is -2.36. The molecule has 1 aromatic carbocycles. The first kappa shape index (κ1) is 15.3. The number of nitrogens with zero attached hydrogens (tertiary/aromatic N) is 2. The molecule has 0 saturated carbocycles. The molecule has 0 bridgehead atoms. The normalized spacial score (nSPS) is 25.1. The Hall–Kier alpha value is -1.59. The van der Waals surface area contributed by atoms with Gasteiger partial charge in [0.1, 0.15) is 0 Å². The summed E-state index contributed by atoms with van der Waals surface area (Å²) < 4.78 is 0. The Morgan fingerprint density at radius 2 is 2.00 bits per heavy atom. The van der Waals surface area contributed by atoms with Crippen LogP contribution < -0.4 is 10.6 Å². The number of carbonyl (C=O) groups excluding carboxylic acids is 2. The summed E-state index contributed by atoms with van der Waals surface area (Å²) in [5.41, 5.74) is 6.47. The standard InChI is InChI=1S/C16H20ClN3O2/c17-13-1-3-14(4-2-13)20-10-12(7-15(20)21)16(22)19-6-5-11(8-18)9-19/h1-4,11-12H,5-10,18H2. The van der Waals surface area contributed by atoms with Gasteiger partial charge in [0, 0.05) is 36.8 Å². The van der Waals surface area contributed by atoms with E-state index >= 15 is 0 Å². The number of benzene rings is 1. The molecule has 3 rings (SSSR count). The largest absolute Gasteiger partial charge is 0.342 e. The van der Waals surface area contributed by atoms with Gasteiger partial charge in [0.2, 0.25) is 11.8 Å². The highest BCUT2D eigenvalue weighted by Gasteiger charge is 2.38. The summed E-state index contributed by atoms with van der Waals surface area (Å²) >= 11 is 5.87. The number of amides is 2. The number of likely N-dealkylation sites (tertiary alicyclic amines) is 1. The molecule has 2 atom stereocenters. The molecule has 0 radical (unpaired) electrons. The number of hydrogen-bond donors (Lipinski definition) is 1. The van der Waals surface area contributed by atoms with Gasteiger partial charge in [0.05, 0.1) is 5.92 Å². The number of rotatable bonds is 3. The smallest absolute Gasteiger partial charge is 0.228 e. The Balaban J connectivity index is 1.66. The lowest BCUT2D eigenvalue weighted by Gasteiger charge is -2.21. The minimum atomic E-state index is -0.250. The number of anilines is 1. The maximum Gasteiger partial charge on any atom is 0.228 e. The molecule has 2 amide bonds. The maximum atomic E-state index is 12.6. The van der Waals surface area contributed by atoms with E-state index in [1.54, 1.807) is 17.0 Å². The lowest BCUT2D eigenvalue weighted by atomic mass is 10.1. The highest BCUT2D eigenvalue weighted by Crippen LogP contribution is 2.28. The van der Waals surface area contributed by atoms with Crippen LogP contribution in [0, 0.1) is 11.8 Å². The molecule has 6 heteroatoms. The fourth-order valence-corrected chi connectivity index (χ4v) is 3.35. The molecular weight excluding hydrogens is 302 g/mol. The summed E-state index contributed by atoms with van der Waals surface area (Å²) in [5.74, 6) is 0.226. The Kier molecular flexibility index (Phi) is 4.36. The molecule has 2 aliphatic heterocycles. The molecule has 2 aliphatic rings. The zero-order chi connectivity index (χ0) is 15.7. The van der Waals surface area contributed by atoms with Crippen LogP contribution in [-0.4, -0.2) is 42.9 Å². The van der Waals surface area contributed by atoms with E-state index in [0.717, 1.165) is 25.2 Å². The average Bonchev–Trinajstić information content (AvgIpc) is 3.14. The third kappa shape index (κ3) is 2.96. The van der Waals surface area contributed by atoms with Crippen LogP contribution in [0.5, 0.6) is 0 Å². The van der Waals surface area contributed by atoms with Gasteiger partial charge in [0.15, 0.2) is 0 Å². The van der Waals surface area contributed by atoms with Crippen LogP contribution in [0.4, 0.5) is 5.69 Å². The van der Waals surface area contributed by atoms with E-state index in [-0.39, 0.29) is 24.2 Å². The van der Waals surface area contributed by atoms with Gasteiger partial charge in [-0.1, -0.05) is 11.6 Å². The summed E-state index contributed by atoms with van der Waals surface area (Å²) in [7, 11) is 0. The van der Waals surface area contributed by atoms with Crippen molar-refractivity contribution < 1.29 is 9.59 Å². The van der Waals surface area contributed by atoms with Gasteiger partial charge in [0.25, 0.3) is 0 Å². The van der Waals surface area contributed by atoms with Crippen molar-refractivity contribution in [3.63, 3.8) is 0 Å². The Bertz CT molecular complexity index is 575. The zero-order valence-corrected chi connectivity index (χ0v) is 13.1. The van der Waals surface area contributed by atoms with Crippen LogP contribution in [0.1, 0.15) is 12.8 Å². The SMILES string of the molecule is NCC1CCN(C(=O)C2CC(=O)N(c3ccc(Cl)cc3)C2)C1. The molecule has 0 aromatic heterocycles. The van der Waals surface area contributed by atoms with Crippen molar-refractivity contribution in [2.24, 2.45) is 17.6 Å². The molecule has 1 aromatic rings. The first-order chi connectivity index (χ1) is 10.6. The summed E-state index contributed by atoms with van der Waals surface area (Å²) in [6, 6.07) is 7.14. The van der Waals surface area contributed by atoms with Gasteiger partial charge in [-0.15, -0.1) is 0 Å². The van der Waals surface area contributed by atoms with Crippen LogP contribution in [-0.2, 0) is 9.59 Å². The van der Waals surface area contributed by atoms with E-state index in [1.165, 1.54) is 0 Å². The summed E-state index contributed by atoms with van der Waals surface area (Å²) in [4.78, 5) is 28.3. The second-order valence-electron chi connectivity index (χ2n) is 6.06. The number of nitrogens with two attached hydrogens (primary N) is 1. The van der Waals surface area contributed by atoms with Crippen LogP contribution in [0.3, 0.4) is 0 Å². The quantitative estimate of drug-likeness (QED) is 0.917. The molecule has 2 fully saturated rings. The van der Waals surface area contributed by atoms with Crippen LogP contribution in [0.2, 0.25) is 5.02 Å². The van der Waals surface area contributed by atoms with E-state index < -0.39 is 0 Å². The fourth-order valence-electron chi connectivity index (χ4n) is 3.23. The molecular formula is C16H20ClN3O2. The van der Waals surface area contributed by atoms with Crippen LogP contribution in [0.25, 0.3) is 0 Å². The van der Waals surface area contributed by atoms with Gasteiger partial charge in [-0.3, -0.25) is 9.59 Å². The van der Waals surface area contributed by atoms with Crippen LogP contribution >= 0.6 is 11.6 Å². The minimum Gasteiger partial charge on any atom is -0.342 e. The van der Waals surface area contributed by atoms with Gasteiger partial charge < -0.3 is 15.5 Å². The Morgan fingerprint density at radius 1 is 1.27 bits per heavy atom. The molecule has 2 N–H and O–H groups in total. The molecule has 118 valence electrons. The molecule has 2 saturated heterocycles. The molecule has 0 spiro atoms. The lowest BCUT2D eigenvalue weighted by molar-refractivity contribution is -0.134. The van der Waals surface area contributed by atoms with E-state index in [9.17, 15) is 9.59 Å². The topological polar surface area (TPSA) is 66.6 Å². The second kappa shape index (κ2) is 6.26. The van der Waals surface area contributed by atoms with Crippen molar-refractivity contribution in [2.45, 2.75) is 12.8 Å². The van der Waals surface area contributed by atoms with Crippen molar-refractivity contribution >= 4 is 29.1 Å². The predicted octanol–water partition coefficient (Wildman–Crippen LogP) is 1.50. The van der Waals surface area contributed by atoms with Crippen LogP contribution in [0.15, 0.2) is 24.3 Å². The highest BCUT2D eigenvalue weighted by atomic mass is 35.5. The molecule has 5 nitrogen and oxygen atoms in total.